The van der Waals surface area contributed by atoms with Gasteiger partial charge in [-0.3, -0.25) is 9.48 Å². The Morgan fingerprint density at radius 1 is 1.59 bits per heavy atom. The molecule has 0 aromatic carbocycles. The fourth-order valence-electron chi connectivity index (χ4n) is 1.75. The minimum Gasteiger partial charge on any atom is -0.355 e. The summed E-state index contributed by atoms with van der Waals surface area (Å²) in [5, 5.41) is 10.2. The van der Waals surface area contributed by atoms with Gasteiger partial charge < -0.3 is 10.6 Å². The van der Waals surface area contributed by atoms with Crippen molar-refractivity contribution < 1.29 is 4.79 Å². The lowest BCUT2D eigenvalue weighted by molar-refractivity contribution is -0.120. The zero-order chi connectivity index (χ0) is 12.1. The topological polar surface area (TPSA) is 59.0 Å². The molecular weight excluding hydrogens is 216 g/mol. The molecule has 0 unspecified atom stereocenters. The van der Waals surface area contributed by atoms with Crippen LogP contribution in [0, 0.1) is 5.92 Å². The van der Waals surface area contributed by atoms with Gasteiger partial charge in [-0.2, -0.15) is 5.10 Å². The van der Waals surface area contributed by atoms with E-state index >= 15 is 0 Å². The van der Waals surface area contributed by atoms with Crippen molar-refractivity contribution in [3.63, 3.8) is 0 Å². The van der Waals surface area contributed by atoms with Gasteiger partial charge in [-0.15, -0.1) is 0 Å². The Balaban J connectivity index is 1.54. The monoisotopic (exact) mass is 236 g/mol. The maximum Gasteiger partial charge on any atom is 0.233 e. The number of carbonyl (C=O) groups excluding carboxylic acids is 1. The van der Waals surface area contributed by atoms with Crippen molar-refractivity contribution in [1.29, 1.82) is 0 Å². The largest absolute Gasteiger partial charge is 0.355 e. The second kappa shape index (κ2) is 5.82. The van der Waals surface area contributed by atoms with Crippen LogP contribution in [-0.4, -0.2) is 35.3 Å². The zero-order valence-electron chi connectivity index (χ0n) is 10.3. The van der Waals surface area contributed by atoms with E-state index in [0.717, 1.165) is 24.6 Å². The molecule has 94 valence electrons. The molecule has 1 fully saturated rings. The fourth-order valence-corrected chi connectivity index (χ4v) is 1.75. The first-order valence-corrected chi connectivity index (χ1v) is 6.20. The van der Waals surface area contributed by atoms with Crippen LogP contribution in [0.25, 0.3) is 0 Å². The summed E-state index contributed by atoms with van der Waals surface area (Å²) >= 11 is 0. The van der Waals surface area contributed by atoms with Crippen molar-refractivity contribution in [2.24, 2.45) is 13.0 Å². The Kier molecular flexibility index (Phi) is 4.14. The standard InChI is InChI=1S/C12H20N4O/c1-16-11(5-7-15-16)4-6-14-12(17)9-13-8-10-2-3-10/h5,7,10,13H,2-4,6,8-9H2,1H3,(H,14,17). The lowest BCUT2D eigenvalue weighted by Crippen LogP contribution is -2.35. The van der Waals surface area contributed by atoms with Gasteiger partial charge in [0.05, 0.1) is 6.54 Å². The van der Waals surface area contributed by atoms with E-state index in [0.29, 0.717) is 13.1 Å². The van der Waals surface area contributed by atoms with Crippen molar-refractivity contribution in [2.75, 3.05) is 19.6 Å². The van der Waals surface area contributed by atoms with Gasteiger partial charge in [0.1, 0.15) is 0 Å². The molecule has 1 aromatic rings. The predicted octanol–water partition coefficient (Wildman–Crippen LogP) is 0.0784. The van der Waals surface area contributed by atoms with Gasteiger partial charge in [0.15, 0.2) is 0 Å². The molecule has 0 atom stereocenters. The average molecular weight is 236 g/mol. The minimum absolute atomic E-state index is 0.0767. The van der Waals surface area contributed by atoms with E-state index < -0.39 is 0 Å². The highest BCUT2D eigenvalue weighted by molar-refractivity contribution is 5.77. The van der Waals surface area contributed by atoms with Gasteiger partial charge in [0, 0.05) is 31.9 Å². The van der Waals surface area contributed by atoms with Gasteiger partial charge in [-0.05, 0) is 31.4 Å². The van der Waals surface area contributed by atoms with Gasteiger partial charge in [0.2, 0.25) is 5.91 Å². The summed E-state index contributed by atoms with van der Waals surface area (Å²) in [5.41, 5.74) is 1.14. The maximum absolute atomic E-state index is 11.5. The third-order valence-electron chi connectivity index (χ3n) is 3.04. The number of hydrogen-bond donors (Lipinski definition) is 2. The summed E-state index contributed by atoms with van der Waals surface area (Å²) < 4.78 is 1.83. The SMILES string of the molecule is Cn1nccc1CCNC(=O)CNCC1CC1. The Labute approximate surface area is 102 Å². The molecule has 5 heteroatoms. The first-order valence-electron chi connectivity index (χ1n) is 6.20. The molecule has 0 radical (unpaired) electrons. The number of nitrogens with zero attached hydrogens (tertiary/aromatic N) is 2. The van der Waals surface area contributed by atoms with Crippen LogP contribution in [-0.2, 0) is 18.3 Å². The van der Waals surface area contributed by atoms with E-state index in [4.69, 9.17) is 0 Å². The number of hydrogen-bond acceptors (Lipinski definition) is 3. The van der Waals surface area contributed by atoms with Crippen LogP contribution in [0.4, 0.5) is 0 Å². The lowest BCUT2D eigenvalue weighted by atomic mass is 10.3. The third-order valence-corrected chi connectivity index (χ3v) is 3.04. The molecule has 1 saturated carbocycles. The molecule has 0 aliphatic heterocycles. The molecule has 0 bridgehead atoms. The summed E-state index contributed by atoms with van der Waals surface area (Å²) in [6, 6.07) is 1.97. The van der Waals surface area contributed by atoms with Crippen molar-refractivity contribution in [3.8, 4) is 0 Å². The number of rotatable bonds is 7. The summed E-state index contributed by atoms with van der Waals surface area (Å²) in [7, 11) is 1.91. The van der Waals surface area contributed by atoms with Crippen LogP contribution < -0.4 is 10.6 Å². The maximum atomic E-state index is 11.5. The average Bonchev–Trinajstić information content (AvgIpc) is 3.03. The highest BCUT2D eigenvalue weighted by Crippen LogP contribution is 2.27. The first kappa shape index (κ1) is 12.1. The second-order valence-corrected chi connectivity index (χ2v) is 4.62. The predicted molar refractivity (Wildman–Crippen MR) is 65.5 cm³/mol. The van der Waals surface area contributed by atoms with Crippen LogP contribution in [0.2, 0.25) is 0 Å². The van der Waals surface area contributed by atoms with Crippen LogP contribution in [0.3, 0.4) is 0 Å². The van der Waals surface area contributed by atoms with Crippen LogP contribution in [0.5, 0.6) is 0 Å². The summed E-state index contributed by atoms with van der Waals surface area (Å²) in [5.74, 6) is 0.894. The molecule has 17 heavy (non-hydrogen) atoms. The molecular formula is C12H20N4O. The van der Waals surface area contributed by atoms with Crippen LogP contribution in [0.15, 0.2) is 12.3 Å². The molecule has 1 aromatic heterocycles. The smallest absolute Gasteiger partial charge is 0.233 e. The number of carbonyl (C=O) groups is 1. The van der Waals surface area contributed by atoms with Gasteiger partial charge >= 0.3 is 0 Å². The fraction of sp³-hybridized carbons (Fsp3) is 0.667. The number of aryl methyl sites for hydroxylation is 1. The molecule has 1 aliphatic rings. The quantitative estimate of drug-likeness (QED) is 0.705. The molecule has 1 amide bonds. The van der Waals surface area contributed by atoms with Crippen LogP contribution >= 0.6 is 0 Å². The Hall–Kier alpha value is -1.36. The van der Waals surface area contributed by atoms with E-state index in [1.54, 1.807) is 6.20 Å². The number of nitrogens with one attached hydrogen (secondary N) is 2. The normalized spacial score (nSPS) is 14.9. The third kappa shape index (κ3) is 4.19. The number of aromatic nitrogens is 2. The zero-order valence-corrected chi connectivity index (χ0v) is 10.3. The van der Waals surface area contributed by atoms with E-state index in [2.05, 4.69) is 15.7 Å². The van der Waals surface area contributed by atoms with Gasteiger partial charge in [-0.1, -0.05) is 0 Å². The van der Waals surface area contributed by atoms with Crippen molar-refractivity contribution in [2.45, 2.75) is 19.3 Å². The van der Waals surface area contributed by atoms with E-state index in [1.165, 1.54) is 12.8 Å². The molecule has 1 aliphatic carbocycles. The molecule has 2 rings (SSSR count). The van der Waals surface area contributed by atoms with E-state index in [-0.39, 0.29) is 5.91 Å². The Morgan fingerprint density at radius 2 is 2.41 bits per heavy atom. The molecule has 1 heterocycles. The number of amides is 1. The summed E-state index contributed by atoms with van der Waals surface area (Å²) in [4.78, 5) is 11.5. The Bertz CT molecular complexity index is 370. The second-order valence-electron chi connectivity index (χ2n) is 4.62. The van der Waals surface area contributed by atoms with Crippen LogP contribution in [0.1, 0.15) is 18.5 Å². The van der Waals surface area contributed by atoms with Crippen molar-refractivity contribution in [1.82, 2.24) is 20.4 Å². The van der Waals surface area contributed by atoms with Crippen molar-refractivity contribution in [3.05, 3.63) is 18.0 Å². The Morgan fingerprint density at radius 3 is 3.06 bits per heavy atom. The van der Waals surface area contributed by atoms with E-state index in [1.807, 2.05) is 17.8 Å². The highest BCUT2D eigenvalue weighted by Gasteiger charge is 2.20. The molecule has 0 saturated heterocycles. The molecule has 2 N–H and O–H groups in total. The van der Waals surface area contributed by atoms with Crippen molar-refractivity contribution >= 4 is 5.91 Å². The minimum atomic E-state index is 0.0767. The summed E-state index contributed by atoms with van der Waals surface area (Å²) in [6.07, 6.45) is 5.23. The highest BCUT2D eigenvalue weighted by atomic mass is 16.1. The van der Waals surface area contributed by atoms with E-state index in [9.17, 15) is 4.79 Å². The molecule has 5 nitrogen and oxygen atoms in total. The summed E-state index contributed by atoms with van der Waals surface area (Å²) in [6.45, 7) is 2.08. The first-order chi connectivity index (χ1) is 8.25. The molecule has 0 spiro atoms. The lowest BCUT2D eigenvalue weighted by Gasteiger charge is -2.06. The van der Waals surface area contributed by atoms with Gasteiger partial charge in [-0.25, -0.2) is 0 Å². The van der Waals surface area contributed by atoms with Gasteiger partial charge in [0.25, 0.3) is 0 Å².